The third-order valence-electron chi connectivity index (χ3n) is 11.1. The van der Waals surface area contributed by atoms with Crippen LogP contribution in [0.3, 0.4) is 0 Å². The summed E-state index contributed by atoms with van der Waals surface area (Å²) in [5, 5.41) is 0. The quantitative estimate of drug-likeness (QED) is 0.174. The molecule has 0 saturated carbocycles. The van der Waals surface area contributed by atoms with Crippen LogP contribution in [0, 0.1) is 0 Å². The fraction of sp³-hybridized carbons (Fsp3) is 0.143. The van der Waals surface area contributed by atoms with Gasteiger partial charge in [-0.2, -0.15) is 0 Å². The molecule has 0 heterocycles. The van der Waals surface area contributed by atoms with Crippen LogP contribution in [0.4, 0.5) is 17.1 Å². The van der Waals surface area contributed by atoms with E-state index in [4.69, 9.17) is 0 Å². The van der Waals surface area contributed by atoms with E-state index in [2.05, 4.69) is 183 Å². The minimum Gasteiger partial charge on any atom is -0.310 e. The molecule has 1 heteroatoms. The zero-order valence-corrected chi connectivity index (χ0v) is 28.9. The highest BCUT2D eigenvalue weighted by Gasteiger charge is 2.37. The minimum atomic E-state index is -0.116. The van der Waals surface area contributed by atoms with Crippen LogP contribution in [0.25, 0.3) is 44.5 Å². The number of benzene rings is 7. The van der Waals surface area contributed by atoms with Gasteiger partial charge in [0, 0.05) is 22.4 Å². The molecule has 1 nitrogen and oxygen atoms in total. The van der Waals surface area contributed by atoms with Gasteiger partial charge >= 0.3 is 0 Å². The average molecular weight is 644 g/mol. The highest BCUT2D eigenvalue weighted by atomic mass is 15.1. The fourth-order valence-electron chi connectivity index (χ4n) is 8.35. The first kappa shape index (κ1) is 30.4. The van der Waals surface area contributed by atoms with Crippen LogP contribution in [0.1, 0.15) is 48.9 Å². The Morgan fingerprint density at radius 1 is 0.400 bits per heavy atom. The molecule has 2 aliphatic rings. The number of anilines is 3. The van der Waals surface area contributed by atoms with Crippen molar-refractivity contribution < 1.29 is 0 Å². The Balaban J connectivity index is 1.27. The summed E-state index contributed by atoms with van der Waals surface area (Å²) in [5.41, 5.74) is 19.3. The molecule has 242 valence electrons. The largest absolute Gasteiger partial charge is 0.310 e. The van der Waals surface area contributed by atoms with Gasteiger partial charge in [-0.1, -0.05) is 141 Å². The SMILES string of the molecule is CC1(C)c2ccccc2-c2cc(-c3ccc4c(c3)CCCC4)c(N(c3ccc(-c4ccccc4)cc3)c3ccc(-c4ccccc4)cc3)cc21. The minimum absolute atomic E-state index is 0.116. The van der Waals surface area contributed by atoms with E-state index >= 15 is 0 Å². The number of hydrogen-bond donors (Lipinski definition) is 0. The highest BCUT2D eigenvalue weighted by molar-refractivity contribution is 5.95. The number of hydrogen-bond acceptors (Lipinski definition) is 1. The van der Waals surface area contributed by atoms with Crippen LogP contribution in [0.2, 0.25) is 0 Å². The average Bonchev–Trinajstić information content (AvgIpc) is 3.41. The first-order valence-electron chi connectivity index (χ1n) is 18.1. The number of rotatable bonds is 6. The lowest BCUT2D eigenvalue weighted by Crippen LogP contribution is -2.17. The van der Waals surface area contributed by atoms with Crippen molar-refractivity contribution in [3.8, 4) is 44.5 Å². The summed E-state index contributed by atoms with van der Waals surface area (Å²) in [6, 6.07) is 60.8. The van der Waals surface area contributed by atoms with Crippen LogP contribution in [0.15, 0.2) is 164 Å². The monoisotopic (exact) mass is 643 g/mol. The van der Waals surface area contributed by atoms with E-state index < -0.39 is 0 Å². The van der Waals surface area contributed by atoms with Crippen molar-refractivity contribution in [2.24, 2.45) is 0 Å². The lowest BCUT2D eigenvalue weighted by atomic mass is 9.81. The maximum Gasteiger partial charge on any atom is 0.0543 e. The van der Waals surface area contributed by atoms with Crippen molar-refractivity contribution in [1.29, 1.82) is 0 Å². The van der Waals surface area contributed by atoms with Gasteiger partial charge in [0.15, 0.2) is 0 Å². The first-order valence-corrected chi connectivity index (χ1v) is 18.1. The molecule has 0 spiro atoms. The van der Waals surface area contributed by atoms with Gasteiger partial charge in [-0.25, -0.2) is 0 Å². The molecule has 0 aromatic heterocycles. The summed E-state index contributed by atoms with van der Waals surface area (Å²) in [6.07, 6.45) is 4.89. The fourth-order valence-corrected chi connectivity index (χ4v) is 8.35. The molecular formula is C49H41N. The van der Waals surface area contributed by atoms with Crippen molar-refractivity contribution in [3.63, 3.8) is 0 Å². The maximum absolute atomic E-state index is 2.50. The van der Waals surface area contributed by atoms with E-state index in [1.54, 1.807) is 0 Å². The van der Waals surface area contributed by atoms with Gasteiger partial charge in [-0.05, 0) is 123 Å². The summed E-state index contributed by atoms with van der Waals surface area (Å²) in [6.45, 7) is 4.77. The van der Waals surface area contributed by atoms with Crippen molar-refractivity contribution >= 4 is 17.1 Å². The van der Waals surface area contributed by atoms with E-state index in [9.17, 15) is 0 Å². The Morgan fingerprint density at radius 2 is 0.920 bits per heavy atom. The van der Waals surface area contributed by atoms with Gasteiger partial charge in [0.2, 0.25) is 0 Å². The normalized spacial score (nSPS) is 14.0. The molecule has 0 bridgehead atoms. The van der Waals surface area contributed by atoms with Crippen LogP contribution < -0.4 is 4.90 Å². The summed E-state index contributed by atoms with van der Waals surface area (Å²) in [7, 11) is 0. The molecule has 2 aliphatic carbocycles. The molecule has 0 aliphatic heterocycles. The van der Waals surface area contributed by atoms with E-state index in [1.165, 1.54) is 91.7 Å². The van der Waals surface area contributed by atoms with Gasteiger partial charge in [-0.15, -0.1) is 0 Å². The smallest absolute Gasteiger partial charge is 0.0543 e. The van der Waals surface area contributed by atoms with E-state index in [-0.39, 0.29) is 5.41 Å². The van der Waals surface area contributed by atoms with Gasteiger partial charge < -0.3 is 4.90 Å². The van der Waals surface area contributed by atoms with E-state index in [0.29, 0.717) is 0 Å². The van der Waals surface area contributed by atoms with Crippen LogP contribution >= 0.6 is 0 Å². The Morgan fingerprint density at radius 3 is 1.54 bits per heavy atom. The van der Waals surface area contributed by atoms with Crippen molar-refractivity contribution in [1.82, 2.24) is 0 Å². The Hall–Kier alpha value is -5.66. The molecule has 0 amide bonds. The van der Waals surface area contributed by atoms with Gasteiger partial charge in [0.1, 0.15) is 0 Å². The predicted octanol–water partition coefficient (Wildman–Crippen LogP) is 13.3. The van der Waals surface area contributed by atoms with Crippen LogP contribution in [-0.4, -0.2) is 0 Å². The molecule has 9 rings (SSSR count). The second kappa shape index (κ2) is 12.3. The van der Waals surface area contributed by atoms with Crippen molar-refractivity contribution in [2.45, 2.75) is 44.9 Å². The van der Waals surface area contributed by atoms with Crippen molar-refractivity contribution in [2.75, 3.05) is 4.90 Å². The molecule has 7 aromatic carbocycles. The van der Waals surface area contributed by atoms with Gasteiger partial charge in [0.05, 0.1) is 5.69 Å². The Labute approximate surface area is 296 Å². The third-order valence-corrected chi connectivity index (χ3v) is 11.1. The molecule has 0 radical (unpaired) electrons. The predicted molar refractivity (Wildman–Crippen MR) is 212 cm³/mol. The zero-order valence-electron chi connectivity index (χ0n) is 28.9. The standard InChI is InChI=1S/C49H41N/c1-49(2)46-20-12-11-19-43(46)45-32-44(40-22-21-36-17-9-10-18-39(36)31-40)48(33-47(45)49)50(41-27-23-37(24-28-41)34-13-5-3-6-14-34)42-29-25-38(26-30-42)35-15-7-4-8-16-35/h3-8,11-16,19-33H,9-10,17-18H2,1-2H3. The Kier molecular flexibility index (Phi) is 7.50. The Bertz CT molecular complexity index is 2230. The van der Waals surface area contributed by atoms with E-state index in [1.807, 2.05) is 0 Å². The van der Waals surface area contributed by atoms with Crippen LogP contribution in [0.5, 0.6) is 0 Å². The third kappa shape index (κ3) is 5.26. The summed E-state index contributed by atoms with van der Waals surface area (Å²) < 4.78 is 0. The van der Waals surface area contributed by atoms with Gasteiger partial charge in [-0.3, -0.25) is 0 Å². The molecule has 7 aromatic rings. The molecular weight excluding hydrogens is 603 g/mol. The van der Waals surface area contributed by atoms with Crippen molar-refractivity contribution in [3.05, 3.63) is 186 Å². The molecule has 0 fully saturated rings. The van der Waals surface area contributed by atoms with Crippen LogP contribution in [-0.2, 0) is 18.3 Å². The number of aryl methyl sites for hydroxylation is 2. The molecule has 0 N–H and O–H groups in total. The summed E-state index contributed by atoms with van der Waals surface area (Å²) in [5.74, 6) is 0. The number of nitrogens with zero attached hydrogens (tertiary/aromatic N) is 1. The number of fused-ring (bicyclic) bond motifs is 4. The lowest BCUT2D eigenvalue weighted by Gasteiger charge is -2.31. The second-order valence-corrected chi connectivity index (χ2v) is 14.4. The first-order chi connectivity index (χ1) is 24.5. The summed E-state index contributed by atoms with van der Waals surface area (Å²) in [4.78, 5) is 2.48. The highest BCUT2D eigenvalue weighted by Crippen LogP contribution is 2.53. The second-order valence-electron chi connectivity index (χ2n) is 14.4. The molecule has 0 unspecified atom stereocenters. The van der Waals surface area contributed by atoms with Gasteiger partial charge in [0.25, 0.3) is 0 Å². The summed E-state index contributed by atoms with van der Waals surface area (Å²) >= 11 is 0. The van der Waals surface area contributed by atoms with E-state index in [0.717, 1.165) is 17.8 Å². The molecule has 50 heavy (non-hydrogen) atoms. The zero-order chi connectivity index (χ0) is 33.7. The maximum atomic E-state index is 2.50. The lowest BCUT2D eigenvalue weighted by molar-refractivity contribution is 0.660. The molecule has 0 atom stereocenters. The molecule has 0 saturated heterocycles. The topological polar surface area (TPSA) is 3.24 Å².